The smallest absolute Gasteiger partial charge is 0.406 e. The monoisotopic (exact) mass is 438 g/mol. The van der Waals surface area contributed by atoms with Crippen LogP contribution in [0.4, 0.5) is 18.9 Å². The van der Waals surface area contributed by atoms with Gasteiger partial charge in [0.15, 0.2) is 0 Å². The predicted molar refractivity (Wildman–Crippen MR) is 102 cm³/mol. The maximum Gasteiger partial charge on any atom is 0.573 e. The van der Waals surface area contributed by atoms with Crippen LogP contribution in [-0.4, -0.2) is 18.0 Å². The molecule has 3 N–H and O–H groups in total. The lowest BCUT2D eigenvalue weighted by atomic mass is 10.1. The second-order valence-electron chi connectivity index (χ2n) is 5.28. The highest BCUT2D eigenvalue weighted by Gasteiger charge is 2.32. The summed E-state index contributed by atoms with van der Waals surface area (Å²) >= 11 is 13.4. The van der Waals surface area contributed by atoms with Gasteiger partial charge in [0, 0.05) is 22.5 Å². The number of ether oxygens (including phenoxy) is 1. The van der Waals surface area contributed by atoms with E-state index in [0.29, 0.717) is 5.02 Å². The fraction of sp³-hybridized carbons (Fsp3) is 0.235. The van der Waals surface area contributed by atoms with E-state index in [4.69, 9.17) is 28.9 Å². The van der Waals surface area contributed by atoms with Gasteiger partial charge in [0.25, 0.3) is 5.91 Å². The number of carbonyl (C=O) groups is 1. The summed E-state index contributed by atoms with van der Waals surface area (Å²) in [6.45, 7) is 2.10. The van der Waals surface area contributed by atoms with Crippen molar-refractivity contribution in [3.63, 3.8) is 0 Å². The van der Waals surface area contributed by atoms with Crippen LogP contribution in [0.5, 0.6) is 5.75 Å². The molecule has 0 unspecified atom stereocenters. The zero-order valence-electron chi connectivity index (χ0n) is 14.0. The van der Waals surface area contributed by atoms with E-state index in [-0.39, 0.29) is 22.8 Å². The van der Waals surface area contributed by atoms with Gasteiger partial charge in [0.2, 0.25) is 0 Å². The number of nitrogens with two attached hydrogens (primary N) is 1. The first-order chi connectivity index (χ1) is 12.6. The van der Waals surface area contributed by atoms with Gasteiger partial charge in [-0.3, -0.25) is 4.79 Å². The summed E-state index contributed by atoms with van der Waals surface area (Å²) in [6, 6.07) is 7.07. The highest BCUT2D eigenvalue weighted by molar-refractivity contribution is 7.99. The lowest BCUT2D eigenvalue weighted by Crippen LogP contribution is -2.25. The molecule has 0 radical (unpaired) electrons. The van der Waals surface area contributed by atoms with Crippen LogP contribution in [0.1, 0.15) is 22.8 Å². The Morgan fingerprint density at radius 1 is 1.26 bits per heavy atom. The number of halogens is 5. The van der Waals surface area contributed by atoms with Crippen LogP contribution in [-0.2, 0) is 6.54 Å². The molecule has 146 valence electrons. The number of nitrogens with one attached hydrogen (secondary N) is 1. The lowest BCUT2D eigenvalue weighted by molar-refractivity contribution is -0.274. The average molecular weight is 439 g/mol. The van der Waals surface area contributed by atoms with Crippen molar-refractivity contribution in [3.8, 4) is 5.75 Å². The van der Waals surface area contributed by atoms with Crippen molar-refractivity contribution in [1.29, 1.82) is 0 Å². The SMILES string of the molecule is CCSc1ccc(Cl)cc1CNC(=O)c1cc(OC(F)(F)F)cc(Cl)c1N. The highest BCUT2D eigenvalue weighted by atomic mass is 35.5. The zero-order valence-corrected chi connectivity index (χ0v) is 16.3. The number of nitrogen functional groups attached to an aromatic ring is 1. The summed E-state index contributed by atoms with van der Waals surface area (Å²) in [6.07, 6.45) is -4.92. The fourth-order valence-electron chi connectivity index (χ4n) is 2.23. The van der Waals surface area contributed by atoms with E-state index < -0.39 is 18.0 Å². The largest absolute Gasteiger partial charge is 0.573 e. The summed E-state index contributed by atoms with van der Waals surface area (Å²) in [4.78, 5) is 13.4. The van der Waals surface area contributed by atoms with Crippen LogP contribution < -0.4 is 15.8 Å². The van der Waals surface area contributed by atoms with Crippen LogP contribution in [0.2, 0.25) is 10.0 Å². The van der Waals surface area contributed by atoms with Gasteiger partial charge in [0.05, 0.1) is 16.3 Å². The Balaban J connectivity index is 2.22. The molecule has 0 aliphatic rings. The van der Waals surface area contributed by atoms with Crippen molar-refractivity contribution in [2.45, 2.75) is 24.7 Å². The number of alkyl halides is 3. The molecule has 27 heavy (non-hydrogen) atoms. The van der Waals surface area contributed by atoms with E-state index in [1.165, 1.54) is 0 Å². The molecule has 2 rings (SSSR count). The zero-order chi connectivity index (χ0) is 20.2. The second-order valence-corrected chi connectivity index (χ2v) is 7.43. The molecule has 0 spiro atoms. The van der Waals surface area contributed by atoms with Crippen molar-refractivity contribution in [3.05, 3.63) is 51.5 Å². The van der Waals surface area contributed by atoms with Crippen LogP contribution in [0, 0.1) is 0 Å². The van der Waals surface area contributed by atoms with E-state index in [2.05, 4.69) is 10.1 Å². The average Bonchev–Trinajstić information content (AvgIpc) is 2.56. The molecule has 0 bridgehead atoms. The van der Waals surface area contributed by atoms with Crippen molar-refractivity contribution >= 4 is 46.6 Å². The summed E-state index contributed by atoms with van der Waals surface area (Å²) in [5, 5.41) is 2.90. The molecule has 0 saturated heterocycles. The molecule has 4 nitrogen and oxygen atoms in total. The topological polar surface area (TPSA) is 64.3 Å². The van der Waals surface area contributed by atoms with Crippen LogP contribution in [0.3, 0.4) is 0 Å². The minimum absolute atomic E-state index is 0.114. The molecule has 0 aliphatic heterocycles. The van der Waals surface area contributed by atoms with E-state index in [1.54, 1.807) is 23.9 Å². The van der Waals surface area contributed by atoms with Crippen molar-refractivity contribution in [2.75, 3.05) is 11.5 Å². The Labute approximate surface area is 168 Å². The van der Waals surface area contributed by atoms with Gasteiger partial charge in [-0.1, -0.05) is 30.1 Å². The predicted octanol–water partition coefficient (Wildman–Crippen LogP) is 5.52. The third-order valence-electron chi connectivity index (χ3n) is 3.34. The third kappa shape index (κ3) is 6.12. The molecule has 2 aromatic carbocycles. The molecule has 0 saturated carbocycles. The van der Waals surface area contributed by atoms with Gasteiger partial charge in [-0.15, -0.1) is 24.9 Å². The molecule has 0 atom stereocenters. The number of thioether (sulfide) groups is 1. The molecule has 10 heteroatoms. The van der Waals surface area contributed by atoms with Gasteiger partial charge < -0.3 is 15.8 Å². The Bertz CT molecular complexity index is 848. The lowest BCUT2D eigenvalue weighted by Gasteiger charge is -2.14. The summed E-state index contributed by atoms with van der Waals surface area (Å²) < 4.78 is 41.1. The number of rotatable bonds is 6. The summed E-state index contributed by atoms with van der Waals surface area (Å²) in [7, 11) is 0. The maximum atomic E-state index is 12.4. The molecule has 0 heterocycles. The Kier molecular flexibility index (Phi) is 7.13. The Morgan fingerprint density at radius 3 is 2.59 bits per heavy atom. The molecule has 2 aromatic rings. The maximum absolute atomic E-state index is 12.4. The van der Waals surface area contributed by atoms with Gasteiger partial charge in [0.1, 0.15) is 5.75 Å². The van der Waals surface area contributed by atoms with E-state index in [1.807, 2.05) is 13.0 Å². The first-order valence-corrected chi connectivity index (χ1v) is 9.39. The van der Waals surface area contributed by atoms with Crippen LogP contribution in [0.25, 0.3) is 0 Å². The number of carbonyl (C=O) groups excluding carboxylic acids is 1. The summed E-state index contributed by atoms with van der Waals surface area (Å²) in [5.74, 6) is -0.492. The Morgan fingerprint density at radius 2 is 1.96 bits per heavy atom. The van der Waals surface area contributed by atoms with Gasteiger partial charge in [-0.05, 0) is 35.6 Å². The minimum atomic E-state index is -4.92. The minimum Gasteiger partial charge on any atom is -0.406 e. The summed E-state index contributed by atoms with van der Waals surface area (Å²) in [5.41, 5.74) is 6.15. The van der Waals surface area contributed by atoms with Gasteiger partial charge in [-0.25, -0.2) is 0 Å². The third-order valence-corrected chi connectivity index (χ3v) is 4.89. The number of hydrogen-bond donors (Lipinski definition) is 2. The number of anilines is 1. The second kappa shape index (κ2) is 8.95. The van der Waals surface area contributed by atoms with Gasteiger partial charge in [-0.2, -0.15) is 0 Å². The number of benzene rings is 2. The van der Waals surface area contributed by atoms with Crippen molar-refractivity contribution in [2.24, 2.45) is 0 Å². The molecule has 1 amide bonds. The molecular weight excluding hydrogens is 424 g/mol. The molecule has 0 aromatic heterocycles. The van der Waals surface area contributed by atoms with Crippen LogP contribution >= 0.6 is 35.0 Å². The number of hydrogen-bond acceptors (Lipinski definition) is 4. The van der Waals surface area contributed by atoms with Crippen molar-refractivity contribution in [1.82, 2.24) is 5.32 Å². The van der Waals surface area contributed by atoms with E-state index >= 15 is 0 Å². The molecule has 0 fully saturated rings. The van der Waals surface area contributed by atoms with Gasteiger partial charge >= 0.3 is 6.36 Å². The fourth-order valence-corrected chi connectivity index (χ4v) is 3.42. The molecular formula is C17H15Cl2F3N2O2S. The molecule has 0 aliphatic carbocycles. The standard InChI is InChI=1S/C17H15Cl2F3N2O2S/c1-2-27-14-4-3-10(18)5-9(14)8-24-16(25)12-6-11(26-17(20,21)22)7-13(19)15(12)23/h3-7H,2,8,23H2,1H3,(H,24,25). The number of amides is 1. The van der Waals surface area contributed by atoms with Crippen LogP contribution in [0.15, 0.2) is 35.2 Å². The van der Waals surface area contributed by atoms with Crippen molar-refractivity contribution < 1.29 is 22.7 Å². The Hall–Kier alpha value is -1.77. The quantitative estimate of drug-likeness (QED) is 0.460. The van der Waals surface area contributed by atoms with E-state index in [9.17, 15) is 18.0 Å². The van der Waals surface area contributed by atoms with E-state index in [0.717, 1.165) is 28.3 Å². The first kappa shape index (κ1) is 21.5. The normalized spacial score (nSPS) is 11.3. The first-order valence-electron chi connectivity index (χ1n) is 7.65. The highest BCUT2D eigenvalue weighted by Crippen LogP contribution is 2.32.